The lowest BCUT2D eigenvalue weighted by molar-refractivity contribution is 0.0696. The van der Waals surface area contributed by atoms with Gasteiger partial charge in [0.2, 0.25) is 0 Å². The maximum atomic E-state index is 13.5. The van der Waals surface area contributed by atoms with Crippen molar-refractivity contribution in [3.63, 3.8) is 0 Å². The number of rotatable bonds is 6. The van der Waals surface area contributed by atoms with E-state index in [1.165, 1.54) is 0 Å². The summed E-state index contributed by atoms with van der Waals surface area (Å²) in [7, 11) is 0. The van der Waals surface area contributed by atoms with Crippen LogP contribution >= 0.6 is 11.6 Å². The molecule has 1 aliphatic heterocycles. The van der Waals surface area contributed by atoms with Crippen molar-refractivity contribution >= 4 is 40.6 Å². The topological polar surface area (TPSA) is 107 Å². The van der Waals surface area contributed by atoms with Gasteiger partial charge in [-0.2, -0.15) is 0 Å². The second kappa shape index (κ2) is 11.0. The van der Waals surface area contributed by atoms with Gasteiger partial charge in [0, 0.05) is 54.2 Å². The van der Waals surface area contributed by atoms with E-state index in [0.717, 1.165) is 11.1 Å². The highest BCUT2D eigenvalue weighted by atomic mass is 35.5. The summed E-state index contributed by atoms with van der Waals surface area (Å²) in [5, 5.41) is 13.5. The SMILES string of the molecule is Cc1cc(C(C)Nc2ccccc2C(=O)O)c2nc(N3CCN(C(=O)c4ccc(Cl)cc4)CC3)c(C)c(=O)n2c1. The van der Waals surface area contributed by atoms with Gasteiger partial charge in [-0.1, -0.05) is 23.7 Å². The minimum absolute atomic E-state index is 0.0566. The number of aromatic carboxylic acids is 1. The van der Waals surface area contributed by atoms with Gasteiger partial charge < -0.3 is 20.2 Å². The molecular weight excluding hydrogens is 530 g/mol. The average molecular weight is 560 g/mol. The molecule has 1 fully saturated rings. The molecule has 0 bridgehead atoms. The number of nitrogens with zero attached hydrogens (tertiary/aromatic N) is 4. The number of anilines is 2. The van der Waals surface area contributed by atoms with Crippen molar-refractivity contribution in [2.75, 3.05) is 36.4 Å². The van der Waals surface area contributed by atoms with Gasteiger partial charge in [-0.25, -0.2) is 9.78 Å². The van der Waals surface area contributed by atoms with Crippen molar-refractivity contribution < 1.29 is 14.7 Å². The van der Waals surface area contributed by atoms with Crippen molar-refractivity contribution in [2.24, 2.45) is 0 Å². The summed E-state index contributed by atoms with van der Waals surface area (Å²) < 4.78 is 1.56. The molecule has 1 saturated heterocycles. The van der Waals surface area contributed by atoms with Gasteiger partial charge >= 0.3 is 5.97 Å². The lowest BCUT2D eigenvalue weighted by Crippen LogP contribution is -2.49. The Hall–Kier alpha value is -4.37. The summed E-state index contributed by atoms with van der Waals surface area (Å²) in [6.07, 6.45) is 1.77. The molecule has 5 rings (SSSR count). The van der Waals surface area contributed by atoms with Crippen LogP contribution in [0.3, 0.4) is 0 Å². The molecule has 0 aliphatic carbocycles. The highest BCUT2D eigenvalue weighted by Crippen LogP contribution is 2.27. The highest BCUT2D eigenvalue weighted by Gasteiger charge is 2.26. The minimum atomic E-state index is -1.02. The zero-order chi connectivity index (χ0) is 28.6. The first-order valence-electron chi connectivity index (χ1n) is 13.1. The molecule has 3 heterocycles. The molecular formula is C30H30ClN5O4. The first kappa shape index (κ1) is 27.2. The summed E-state index contributed by atoms with van der Waals surface area (Å²) >= 11 is 5.96. The lowest BCUT2D eigenvalue weighted by atomic mass is 10.1. The number of para-hydroxylation sites is 1. The molecule has 0 saturated carbocycles. The van der Waals surface area contributed by atoms with Crippen LogP contribution in [0.5, 0.6) is 0 Å². The van der Waals surface area contributed by atoms with Crippen LogP contribution in [0.4, 0.5) is 11.5 Å². The summed E-state index contributed by atoms with van der Waals surface area (Å²) in [5.41, 5.74) is 3.76. The van der Waals surface area contributed by atoms with Gasteiger partial charge in [-0.3, -0.25) is 14.0 Å². The van der Waals surface area contributed by atoms with E-state index in [1.54, 1.807) is 71.0 Å². The van der Waals surface area contributed by atoms with Crippen LogP contribution in [0.1, 0.15) is 50.4 Å². The number of nitrogens with one attached hydrogen (secondary N) is 1. The molecule has 2 aromatic carbocycles. The van der Waals surface area contributed by atoms with Crippen molar-refractivity contribution in [2.45, 2.75) is 26.8 Å². The zero-order valence-corrected chi connectivity index (χ0v) is 23.3. The number of fused-ring (bicyclic) bond motifs is 1. The number of hydrogen-bond acceptors (Lipinski definition) is 6. The van der Waals surface area contributed by atoms with E-state index < -0.39 is 5.97 Å². The number of aryl methyl sites for hydroxylation is 1. The second-order valence-corrected chi connectivity index (χ2v) is 10.5. The largest absolute Gasteiger partial charge is 0.478 e. The van der Waals surface area contributed by atoms with Crippen molar-refractivity contribution in [3.8, 4) is 0 Å². The molecule has 206 valence electrons. The maximum absolute atomic E-state index is 13.5. The lowest BCUT2D eigenvalue weighted by Gasteiger charge is -2.36. The number of pyridine rings is 1. The summed E-state index contributed by atoms with van der Waals surface area (Å²) in [4.78, 5) is 47.0. The van der Waals surface area contributed by atoms with E-state index in [2.05, 4.69) is 5.32 Å². The number of carbonyl (C=O) groups is 2. The maximum Gasteiger partial charge on any atom is 0.337 e. The molecule has 4 aromatic rings. The third-order valence-electron chi connectivity index (χ3n) is 7.24. The third-order valence-corrected chi connectivity index (χ3v) is 7.49. The highest BCUT2D eigenvalue weighted by molar-refractivity contribution is 6.30. The fraction of sp³-hybridized carbons (Fsp3) is 0.267. The number of carboxylic acids is 1. The van der Waals surface area contributed by atoms with Gasteiger partial charge in [0.15, 0.2) is 0 Å². The van der Waals surface area contributed by atoms with Crippen LogP contribution < -0.4 is 15.8 Å². The van der Waals surface area contributed by atoms with E-state index in [0.29, 0.717) is 59.5 Å². The molecule has 0 radical (unpaired) electrons. The molecule has 0 spiro atoms. The summed E-state index contributed by atoms with van der Waals surface area (Å²) in [6.45, 7) is 7.65. The molecule has 9 nitrogen and oxygen atoms in total. The Morgan fingerprint density at radius 2 is 1.70 bits per heavy atom. The van der Waals surface area contributed by atoms with Crippen LogP contribution in [-0.2, 0) is 0 Å². The Kier molecular flexibility index (Phi) is 7.49. The Morgan fingerprint density at radius 3 is 2.38 bits per heavy atom. The molecule has 10 heteroatoms. The normalized spacial score (nSPS) is 14.3. The molecule has 2 aromatic heterocycles. The smallest absolute Gasteiger partial charge is 0.337 e. The van der Waals surface area contributed by atoms with Crippen LogP contribution in [0.25, 0.3) is 5.65 Å². The van der Waals surface area contributed by atoms with Gasteiger partial charge in [0.1, 0.15) is 11.5 Å². The number of halogens is 1. The quantitative estimate of drug-likeness (QED) is 0.349. The number of amides is 1. The van der Waals surface area contributed by atoms with E-state index in [4.69, 9.17) is 16.6 Å². The van der Waals surface area contributed by atoms with E-state index in [-0.39, 0.29) is 23.1 Å². The van der Waals surface area contributed by atoms with Gasteiger partial charge in [0.05, 0.1) is 17.2 Å². The van der Waals surface area contributed by atoms with E-state index in [1.807, 2.05) is 24.8 Å². The number of carboxylic acid groups (broad SMARTS) is 1. The molecule has 40 heavy (non-hydrogen) atoms. The van der Waals surface area contributed by atoms with Gasteiger partial charge in [-0.05, 0) is 68.8 Å². The van der Waals surface area contributed by atoms with Crippen molar-refractivity contribution in [1.29, 1.82) is 0 Å². The van der Waals surface area contributed by atoms with Crippen LogP contribution in [0.2, 0.25) is 5.02 Å². The Bertz CT molecular complexity index is 1660. The molecule has 1 unspecified atom stereocenters. The average Bonchev–Trinajstić information content (AvgIpc) is 2.95. The number of benzene rings is 2. The van der Waals surface area contributed by atoms with Gasteiger partial charge in [-0.15, -0.1) is 0 Å². The minimum Gasteiger partial charge on any atom is -0.478 e. The van der Waals surface area contributed by atoms with Crippen molar-refractivity contribution in [1.82, 2.24) is 14.3 Å². The fourth-order valence-electron chi connectivity index (χ4n) is 5.11. The van der Waals surface area contributed by atoms with Crippen LogP contribution in [-0.4, -0.2) is 57.4 Å². The van der Waals surface area contributed by atoms with Crippen molar-refractivity contribution in [3.05, 3.63) is 104 Å². The third kappa shape index (κ3) is 5.24. The fourth-order valence-corrected chi connectivity index (χ4v) is 5.24. The predicted molar refractivity (Wildman–Crippen MR) is 156 cm³/mol. The number of hydrogen-bond donors (Lipinski definition) is 2. The predicted octanol–water partition coefficient (Wildman–Crippen LogP) is 4.80. The summed E-state index contributed by atoms with van der Waals surface area (Å²) in [5.74, 6) is -0.490. The first-order valence-corrected chi connectivity index (χ1v) is 13.4. The molecule has 1 aliphatic rings. The first-order chi connectivity index (χ1) is 19.1. The van der Waals surface area contributed by atoms with Gasteiger partial charge in [0.25, 0.3) is 11.5 Å². The summed E-state index contributed by atoms with van der Waals surface area (Å²) in [6, 6.07) is 15.2. The Labute approximate surface area is 236 Å². The second-order valence-electron chi connectivity index (χ2n) is 10.0. The Balaban J connectivity index is 1.45. The zero-order valence-electron chi connectivity index (χ0n) is 22.5. The molecule has 1 amide bonds. The molecule has 2 N–H and O–H groups in total. The van der Waals surface area contributed by atoms with E-state index in [9.17, 15) is 19.5 Å². The van der Waals surface area contributed by atoms with E-state index >= 15 is 0 Å². The van der Waals surface area contributed by atoms with Crippen LogP contribution in [0, 0.1) is 13.8 Å². The molecule has 1 atom stereocenters. The number of aromatic nitrogens is 2. The number of carbonyl (C=O) groups excluding carboxylic acids is 1. The Morgan fingerprint density at radius 1 is 1.02 bits per heavy atom. The monoisotopic (exact) mass is 559 g/mol. The van der Waals surface area contributed by atoms with Crippen LogP contribution in [0.15, 0.2) is 65.6 Å². The standard InChI is InChI=1S/C30H30ClN5O4/c1-18-16-24(20(3)32-25-7-5-4-6-23(25)30(39)40)27-33-26(19(2)28(37)36(27)17-18)34-12-14-35(15-13-34)29(38)21-8-10-22(31)11-9-21/h4-11,16-17,20,32H,12-15H2,1-3H3,(H,39,40). The number of piperazine rings is 1.